The Kier molecular flexibility index (Phi) is 6.38. The van der Waals surface area contributed by atoms with Gasteiger partial charge in [-0.1, -0.05) is 42.0 Å². The van der Waals surface area contributed by atoms with Gasteiger partial charge in [-0.2, -0.15) is 0 Å². The molecule has 142 valence electrons. The van der Waals surface area contributed by atoms with Crippen LogP contribution in [-0.2, 0) is 0 Å². The Morgan fingerprint density at radius 1 is 1.04 bits per heavy atom. The van der Waals surface area contributed by atoms with Gasteiger partial charge in [0.1, 0.15) is 12.4 Å². The zero-order valence-electron chi connectivity index (χ0n) is 16.2. The van der Waals surface area contributed by atoms with Crippen molar-refractivity contribution in [3.8, 4) is 0 Å². The average Bonchev–Trinajstić information content (AvgIpc) is 3.12. The molecule has 2 aliphatic rings. The number of aryl methyl sites for hydroxylation is 2. The van der Waals surface area contributed by atoms with Gasteiger partial charge < -0.3 is 0 Å². The van der Waals surface area contributed by atoms with Crippen LogP contribution < -0.4 is 0 Å². The summed E-state index contributed by atoms with van der Waals surface area (Å²) < 4.78 is 14.6. The monoisotopic (exact) mass is 367 g/mol. The second kappa shape index (κ2) is 8.94. The third-order valence-corrected chi connectivity index (χ3v) is 5.10. The maximum Gasteiger partial charge on any atom is 0.247 e. The summed E-state index contributed by atoms with van der Waals surface area (Å²) in [5.41, 5.74) is 3.00. The summed E-state index contributed by atoms with van der Waals surface area (Å²) in [6.07, 6.45) is 3.55. The minimum atomic E-state index is -0.162. The Bertz CT molecular complexity index is 809. The summed E-state index contributed by atoms with van der Waals surface area (Å²) in [7, 11) is 0. The first-order chi connectivity index (χ1) is 13.0. The zero-order valence-corrected chi connectivity index (χ0v) is 16.2. The molecule has 0 N–H and O–H groups in total. The van der Waals surface area contributed by atoms with Crippen molar-refractivity contribution >= 4 is 11.6 Å². The number of halogens is 1. The summed E-state index contributed by atoms with van der Waals surface area (Å²) >= 11 is 0. The molecule has 2 aromatic rings. The minimum absolute atomic E-state index is 0.162. The van der Waals surface area contributed by atoms with Gasteiger partial charge in [0.15, 0.2) is 0 Å². The smallest absolute Gasteiger partial charge is 0.247 e. The van der Waals surface area contributed by atoms with Crippen LogP contribution in [0.3, 0.4) is 0 Å². The van der Waals surface area contributed by atoms with Gasteiger partial charge in [-0.15, -0.1) is 0 Å². The highest BCUT2D eigenvalue weighted by Gasteiger charge is 2.32. The average molecular weight is 367 g/mol. The summed E-state index contributed by atoms with van der Waals surface area (Å²) in [5, 5.41) is 0. The van der Waals surface area contributed by atoms with E-state index >= 15 is 0 Å². The highest BCUT2D eigenvalue weighted by Crippen LogP contribution is 2.15. The number of carbonyl (C=O) groups excluding carboxylic acids is 1. The highest BCUT2D eigenvalue weighted by molar-refractivity contribution is 5.99. The van der Waals surface area contributed by atoms with Gasteiger partial charge in [0.05, 0.1) is 26.1 Å². The molecule has 0 fully saturated rings. The van der Waals surface area contributed by atoms with Crippen molar-refractivity contribution in [2.24, 2.45) is 0 Å². The van der Waals surface area contributed by atoms with Crippen LogP contribution in [0.15, 0.2) is 48.5 Å². The zero-order chi connectivity index (χ0) is 19.2. The van der Waals surface area contributed by atoms with Crippen molar-refractivity contribution < 1.29 is 13.8 Å². The maximum absolute atomic E-state index is 12.3. The molecule has 0 saturated carbocycles. The Hall–Kier alpha value is -2.49. The molecule has 0 amide bonds. The molecule has 0 bridgehead atoms. The lowest BCUT2D eigenvalue weighted by atomic mass is 10.1. The summed E-state index contributed by atoms with van der Waals surface area (Å²) in [4.78, 5) is 14.6. The fraction of sp³-hybridized carbons (Fsp3) is 0.391. The molecule has 0 aromatic heterocycles. The van der Waals surface area contributed by atoms with Gasteiger partial charge >= 0.3 is 0 Å². The third kappa shape index (κ3) is 5.25. The summed E-state index contributed by atoms with van der Waals surface area (Å²) in [5.74, 6) is 1.47. The van der Waals surface area contributed by atoms with Gasteiger partial charge in [0, 0.05) is 12.0 Å². The van der Waals surface area contributed by atoms with Crippen LogP contribution in [0.4, 0.5) is 4.39 Å². The van der Waals surface area contributed by atoms with Crippen LogP contribution in [0.25, 0.3) is 0 Å². The number of amidine groups is 1. The number of nitrogens with zero attached hydrogens (tertiary/aromatic N) is 2. The number of benzene rings is 2. The lowest BCUT2D eigenvalue weighted by molar-refractivity contribution is -0.529. The normalized spacial score (nSPS) is 15.9. The predicted octanol–water partition coefficient (Wildman–Crippen LogP) is 4.22. The molecule has 27 heavy (non-hydrogen) atoms. The van der Waals surface area contributed by atoms with Gasteiger partial charge in [0.2, 0.25) is 11.6 Å². The van der Waals surface area contributed by atoms with Crippen molar-refractivity contribution in [3.63, 3.8) is 0 Å². The molecule has 2 aliphatic heterocycles. The molecule has 0 saturated heterocycles. The Morgan fingerprint density at radius 3 is 2.44 bits per heavy atom. The van der Waals surface area contributed by atoms with Gasteiger partial charge in [-0.3, -0.25) is 14.3 Å². The fourth-order valence-electron chi connectivity index (χ4n) is 3.68. The van der Waals surface area contributed by atoms with Crippen LogP contribution in [0, 0.1) is 19.7 Å². The standard InChI is InChI=1S/C16H21N2O.C7H7F/c1-13-5-7-14(8-6-13)15(19)12-18-11-3-10-17-9-2-4-16(17)18;1-6-3-2-4-7(8)5-6/h5-8H,2-4,9-12H2,1H3;2-5H,1H3/q+1;. The molecule has 2 heterocycles. The molecule has 3 nitrogen and oxygen atoms in total. The topological polar surface area (TPSA) is 23.3 Å². The van der Waals surface area contributed by atoms with E-state index in [1.807, 2.05) is 44.2 Å². The number of hydrogen-bond acceptors (Lipinski definition) is 2. The molecule has 4 rings (SSSR count). The molecule has 0 aliphatic carbocycles. The van der Waals surface area contributed by atoms with Crippen LogP contribution in [0.2, 0.25) is 0 Å². The quantitative estimate of drug-likeness (QED) is 0.599. The second-order valence-electron chi connectivity index (χ2n) is 7.37. The van der Waals surface area contributed by atoms with E-state index in [0.29, 0.717) is 6.54 Å². The summed E-state index contributed by atoms with van der Waals surface area (Å²) in [6, 6.07) is 14.4. The lowest BCUT2D eigenvalue weighted by Crippen LogP contribution is -2.43. The van der Waals surface area contributed by atoms with Crippen molar-refractivity contribution in [2.75, 3.05) is 26.2 Å². The number of ketones is 1. The lowest BCUT2D eigenvalue weighted by Gasteiger charge is -2.23. The first-order valence-electron chi connectivity index (χ1n) is 9.71. The van der Waals surface area contributed by atoms with Gasteiger partial charge in [-0.25, -0.2) is 4.39 Å². The van der Waals surface area contributed by atoms with E-state index in [4.69, 9.17) is 0 Å². The molecule has 2 aromatic carbocycles. The molecule has 0 radical (unpaired) electrons. The van der Waals surface area contributed by atoms with E-state index in [-0.39, 0.29) is 11.6 Å². The number of rotatable bonds is 3. The summed E-state index contributed by atoms with van der Waals surface area (Å²) in [6.45, 7) is 7.82. The van der Waals surface area contributed by atoms with Crippen LogP contribution in [0.1, 0.15) is 40.7 Å². The van der Waals surface area contributed by atoms with E-state index < -0.39 is 0 Å². The molecule has 0 spiro atoms. The van der Waals surface area contributed by atoms with Crippen molar-refractivity contribution in [1.82, 2.24) is 4.90 Å². The minimum Gasteiger partial charge on any atom is -0.290 e. The Labute approximate surface area is 161 Å². The highest BCUT2D eigenvalue weighted by atomic mass is 19.1. The maximum atomic E-state index is 12.3. The molecular formula is C23H28FN2O+. The Morgan fingerprint density at radius 2 is 1.78 bits per heavy atom. The van der Waals surface area contributed by atoms with Crippen molar-refractivity contribution in [1.29, 1.82) is 0 Å². The molecular weight excluding hydrogens is 339 g/mol. The van der Waals surface area contributed by atoms with E-state index in [1.165, 1.54) is 49.5 Å². The first-order valence-corrected chi connectivity index (χ1v) is 9.71. The third-order valence-electron chi connectivity index (χ3n) is 5.10. The predicted molar refractivity (Wildman–Crippen MR) is 107 cm³/mol. The van der Waals surface area contributed by atoms with Crippen LogP contribution >= 0.6 is 0 Å². The SMILES string of the molecule is Cc1ccc(C(=O)CN2CCC[N+]3=C2CCC3)cc1.Cc1cccc(F)c1. The molecule has 4 heteroatoms. The fourth-order valence-corrected chi connectivity index (χ4v) is 3.68. The van der Waals surface area contributed by atoms with Crippen LogP contribution in [-0.4, -0.2) is 47.3 Å². The van der Waals surface area contributed by atoms with Crippen molar-refractivity contribution in [2.45, 2.75) is 33.1 Å². The largest absolute Gasteiger partial charge is 0.290 e. The Balaban J connectivity index is 0.000000221. The van der Waals surface area contributed by atoms with E-state index in [0.717, 1.165) is 24.1 Å². The first kappa shape index (κ1) is 19.3. The molecule has 0 unspecified atom stereocenters. The second-order valence-corrected chi connectivity index (χ2v) is 7.37. The number of carbonyl (C=O) groups is 1. The van der Waals surface area contributed by atoms with E-state index in [9.17, 15) is 9.18 Å². The van der Waals surface area contributed by atoms with E-state index in [1.54, 1.807) is 6.07 Å². The van der Waals surface area contributed by atoms with Gasteiger partial charge in [0.25, 0.3) is 0 Å². The van der Waals surface area contributed by atoms with Crippen LogP contribution in [0.5, 0.6) is 0 Å². The molecule has 0 atom stereocenters. The van der Waals surface area contributed by atoms with E-state index in [2.05, 4.69) is 9.48 Å². The van der Waals surface area contributed by atoms with Gasteiger partial charge in [-0.05, 0) is 38.0 Å². The number of hydrogen-bond donors (Lipinski definition) is 0. The van der Waals surface area contributed by atoms with Crippen molar-refractivity contribution in [3.05, 3.63) is 71.0 Å². The number of Topliss-reactive ketones (excluding diaryl/α,β-unsaturated/α-hetero) is 1.